The van der Waals surface area contributed by atoms with E-state index in [1.165, 1.54) is 31.2 Å². The van der Waals surface area contributed by atoms with Gasteiger partial charge >= 0.3 is 0 Å². The van der Waals surface area contributed by atoms with Crippen LogP contribution in [0.25, 0.3) is 11.4 Å². The van der Waals surface area contributed by atoms with Crippen molar-refractivity contribution in [1.29, 1.82) is 5.26 Å². The van der Waals surface area contributed by atoms with Gasteiger partial charge < -0.3 is 0 Å². The second-order valence-corrected chi connectivity index (χ2v) is 9.11. The van der Waals surface area contributed by atoms with Gasteiger partial charge in [-0.05, 0) is 30.2 Å². The van der Waals surface area contributed by atoms with Crippen LogP contribution in [0.15, 0.2) is 29.4 Å². The van der Waals surface area contributed by atoms with E-state index in [4.69, 9.17) is 5.26 Å². The number of aromatic nitrogens is 3. The molecule has 1 heterocycles. The lowest BCUT2D eigenvalue weighted by molar-refractivity contribution is 0.485. The summed E-state index contributed by atoms with van der Waals surface area (Å²) in [4.78, 5) is 0. The van der Waals surface area contributed by atoms with Crippen molar-refractivity contribution in [3.63, 3.8) is 0 Å². The number of unbranched alkanes of at least 4 members (excludes halogenated alkanes) is 1. The molecule has 0 saturated heterocycles. The first-order valence-electron chi connectivity index (χ1n) is 9.56. The van der Waals surface area contributed by atoms with Gasteiger partial charge in [-0.1, -0.05) is 69.6 Å². The molecule has 0 aliphatic heterocycles. The van der Waals surface area contributed by atoms with Crippen LogP contribution in [0.4, 0.5) is 0 Å². The topological polar surface area (TPSA) is 54.5 Å². The van der Waals surface area contributed by atoms with Crippen LogP contribution in [0.3, 0.4) is 0 Å². The minimum Gasteiger partial charge on any atom is -0.299 e. The van der Waals surface area contributed by atoms with Crippen molar-refractivity contribution in [2.45, 2.75) is 75.9 Å². The molecule has 0 atom stereocenters. The molecule has 1 saturated carbocycles. The van der Waals surface area contributed by atoms with E-state index in [-0.39, 0.29) is 5.41 Å². The Kier molecular flexibility index (Phi) is 6.03. The first-order chi connectivity index (χ1) is 12.5. The van der Waals surface area contributed by atoms with E-state index in [2.05, 4.69) is 65.9 Å². The van der Waals surface area contributed by atoms with Crippen molar-refractivity contribution in [3.05, 3.63) is 29.8 Å². The molecule has 0 unspecified atom stereocenters. The van der Waals surface area contributed by atoms with Crippen LogP contribution < -0.4 is 0 Å². The molecule has 138 valence electrons. The minimum atomic E-state index is 0.152. The Morgan fingerprint density at radius 2 is 1.85 bits per heavy atom. The fourth-order valence-electron chi connectivity index (χ4n) is 3.50. The standard InChI is InChI=1S/C21H28N4S/c1-21(2,3)17-12-10-16(11-13-17)19-23-24-20(26-15-7-6-14-22)25(19)18-8-4-5-9-18/h10-13,18H,4-9,15H2,1-3H3. The fourth-order valence-corrected chi connectivity index (χ4v) is 4.44. The van der Waals surface area contributed by atoms with Gasteiger partial charge in [0, 0.05) is 23.8 Å². The number of hydrogen-bond acceptors (Lipinski definition) is 4. The molecule has 3 rings (SSSR count). The molecule has 0 radical (unpaired) electrons. The molecule has 2 aromatic rings. The summed E-state index contributed by atoms with van der Waals surface area (Å²) in [6.07, 6.45) is 6.47. The molecule has 0 N–H and O–H groups in total. The van der Waals surface area contributed by atoms with Crippen LogP contribution in [0.2, 0.25) is 0 Å². The van der Waals surface area contributed by atoms with Gasteiger partial charge in [0.05, 0.1) is 6.07 Å². The zero-order valence-corrected chi connectivity index (χ0v) is 16.9. The number of benzene rings is 1. The van der Waals surface area contributed by atoms with Gasteiger partial charge in [-0.2, -0.15) is 5.26 Å². The molecule has 5 heteroatoms. The van der Waals surface area contributed by atoms with Crippen LogP contribution in [-0.2, 0) is 5.41 Å². The molecule has 0 spiro atoms. The maximum Gasteiger partial charge on any atom is 0.191 e. The normalized spacial score (nSPS) is 15.3. The van der Waals surface area contributed by atoms with E-state index in [9.17, 15) is 0 Å². The number of hydrogen-bond donors (Lipinski definition) is 0. The lowest BCUT2D eigenvalue weighted by Crippen LogP contribution is -2.11. The molecule has 1 aromatic heterocycles. The van der Waals surface area contributed by atoms with E-state index in [0.29, 0.717) is 12.5 Å². The third-order valence-electron chi connectivity index (χ3n) is 5.03. The highest BCUT2D eigenvalue weighted by Crippen LogP contribution is 2.37. The van der Waals surface area contributed by atoms with E-state index in [0.717, 1.165) is 28.7 Å². The van der Waals surface area contributed by atoms with Gasteiger partial charge in [-0.3, -0.25) is 4.57 Å². The second kappa shape index (κ2) is 8.26. The zero-order valence-electron chi connectivity index (χ0n) is 16.0. The van der Waals surface area contributed by atoms with E-state index < -0.39 is 0 Å². The van der Waals surface area contributed by atoms with Crippen LogP contribution in [-0.4, -0.2) is 20.5 Å². The van der Waals surface area contributed by atoms with Gasteiger partial charge in [-0.15, -0.1) is 10.2 Å². The lowest BCUT2D eigenvalue weighted by atomic mass is 9.86. The molecule has 1 fully saturated rings. The number of nitrogens with zero attached hydrogens (tertiary/aromatic N) is 4. The summed E-state index contributed by atoms with van der Waals surface area (Å²) in [5.74, 6) is 1.90. The summed E-state index contributed by atoms with van der Waals surface area (Å²) >= 11 is 1.73. The first-order valence-corrected chi connectivity index (χ1v) is 10.5. The van der Waals surface area contributed by atoms with Gasteiger partial charge in [0.1, 0.15) is 0 Å². The summed E-state index contributed by atoms with van der Waals surface area (Å²) in [6, 6.07) is 11.5. The molecule has 1 aliphatic rings. The maximum absolute atomic E-state index is 8.73. The predicted octanol–water partition coefficient (Wildman–Crippen LogP) is 5.75. The Morgan fingerprint density at radius 3 is 2.46 bits per heavy atom. The van der Waals surface area contributed by atoms with Crippen molar-refractivity contribution in [1.82, 2.24) is 14.8 Å². The summed E-state index contributed by atoms with van der Waals surface area (Å²) < 4.78 is 2.36. The summed E-state index contributed by atoms with van der Waals surface area (Å²) in [5.41, 5.74) is 2.62. The summed E-state index contributed by atoms with van der Waals surface area (Å²) in [7, 11) is 0. The molecule has 1 aromatic carbocycles. The van der Waals surface area contributed by atoms with Gasteiger partial charge in [0.25, 0.3) is 0 Å². The van der Waals surface area contributed by atoms with Gasteiger partial charge in [0.15, 0.2) is 11.0 Å². The number of rotatable bonds is 6. The average Bonchev–Trinajstić information content (AvgIpc) is 3.27. The average molecular weight is 369 g/mol. The van der Waals surface area contributed by atoms with Crippen molar-refractivity contribution in [3.8, 4) is 17.5 Å². The van der Waals surface area contributed by atoms with Crippen LogP contribution in [0, 0.1) is 11.3 Å². The van der Waals surface area contributed by atoms with Crippen LogP contribution >= 0.6 is 11.8 Å². The van der Waals surface area contributed by atoms with E-state index in [1.54, 1.807) is 11.8 Å². The van der Waals surface area contributed by atoms with Crippen molar-refractivity contribution in [2.24, 2.45) is 0 Å². The molecule has 0 bridgehead atoms. The monoisotopic (exact) mass is 368 g/mol. The van der Waals surface area contributed by atoms with Gasteiger partial charge in [0.2, 0.25) is 0 Å². The minimum absolute atomic E-state index is 0.152. The van der Waals surface area contributed by atoms with Crippen LogP contribution in [0.5, 0.6) is 0 Å². The van der Waals surface area contributed by atoms with E-state index in [1.807, 2.05) is 0 Å². The highest BCUT2D eigenvalue weighted by Gasteiger charge is 2.25. The highest BCUT2D eigenvalue weighted by molar-refractivity contribution is 7.99. The SMILES string of the molecule is CC(C)(C)c1ccc(-c2nnc(SCCCC#N)n2C2CCCC2)cc1. The smallest absolute Gasteiger partial charge is 0.191 e. The van der Waals surface area contributed by atoms with Crippen molar-refractivity contribution in [2.75, 3.05) is 5.75 Å². The predicted molar refractivity (Wildman–Crippen MR) is 107 cm³/mol. The molecule has 1 aliphatic carbocycles. The largest absolute Gasteiger partial charge is 0.299 e. The van der Waals surface area contributed by atoms with Crippen molar-refractivity contribution >= 4 is 11.8 Å². The quantitative estimate of drug-likeness (QED) is 0.481. The Morgan fingerprint density at radius 1 is 1.15 bits per heavy atom. The Hall–Kier alpha value is -1.80. The molecular formula is C21H28N4S. The Balaban J connectivity index is 1.88. The molecule has 4 nitrogen and oxygen atoms in total. The number of nitriles is 1. The third-order valence-corrected chi connectivity index (χ3v) is 6.06. The Bertz CT molecular complexity index is 759. The van der Waals surface area contributed by atoms with Gasteiger partial charge in [-0.25, -0.2) is 0 Å². The second-order valence-electron chi connectivity index (χ2n) is 8.05. The third kappa shape index (κ3) is 4.29. The maximum atomic E-state index is 8.73. The molecule has 0 amide bonds. The first kappa shape index (κ1) is 19.0. The zero-order chi connectivity index (χ0) is 18.6. The van der Waals surface area contributed by atoms with E-state index >= 15 is 0 Å². The molecule has 26 heavy (non-hydrogen) atoms. The van der Waals surface area contributed by atoms with Crippen molar-refractivity contribution < 1.29 is 0 Å². The fraction of sp³-hybridized carbons (Fsp3) is 0.571. The number of thioether (sulfide) groups is 1. The lowest BCUT2D eigenvalue weighted by Gasteiger charge is -2.20. The Labute approximate surface area is 161 Å². The summed E-state index contributed by atoms with van der Waals surface area (Å²) in [5, 5.41) is 18.8. The summed E-state index contributed by atoms with van der Waals surface area (Å²) in [6.45, 7) is 6.71. The molecular weight excluding hydrogens is 340 g/mol. The van der Waals surface area contributed by atoms with Crippen LogP contribution in [0.1, 0.15) is 70.9 Å². The highest BCUT2D eigenvalue weighted by atomic mass is 32.2.